The van der Waals surface area contributed by atoms with Crippen molar-refractivity contribution in [2.45, 2.75) is 50.6 Å². The second kappa shape index (κ2) is 5.51. The first kappa shape index (κ1) is 14.4. The van der Waals surface area contributed by atoms with E-state index >= 15 is 0 Å². The van der Waals surface area contributed by atoms with Gasteiger partial charge in [0.05, 0.1) is 5.92 Å². The van der Waals surface area contributed by atoms with Crippen LogP contribution in [0, 0.1) is 0 Å². The van der Waals surface area contributed by atoms with Crippen molar-refractivity contribution in [2.75, 3.05) is 0 Å². The number of rotatable bonds is 3. The summed E-state index contributed by atoms with van der Waals surface area (Å²) >= 11 is 5.98. The molecular weight excluding hydrogens is 262 g/mol. The van der Waals surface area contributed by atoms with Gasteiger partial charge in [-0.1, -0.05) is 30.2 Å². The zero-order valence-electron chi connectivity index (χ0n) is 11.3. The lowest BCUT2D eigenvalue weighted by molar-refractivity contribution is -0.140. The summed E-state index contributed by atoms with van der Waals surface area (Å²) in [4.78, 5) is 11.6. The van der Waals surface area contributed by atoms with Crippen molar-refractivity contribution >= 4 is 17.6 Å². The lowest BCUT2D eigenvalue weighted by Crippen LogP contribution is -2.53. The van der Waals surface area contributed by atoms with E-state index in [4.69, 9.17) is 11.6 Å². The molecule has 19 heavy (non-hydrogen) atoms. The summed E-state index contributed by atoms with van der Waals surface area (Å²) in [6.07, 6.45) is 3.01. The first-order valence-electron chi connectivity index (χ1n) is 6.65. The van der Waals surface area contributed by atoms with Crippen LogP contribution in [0.3, 0.4) is 0 Å². The zero-order valence-corrected chi connectivity index (χ0v) is 12.1. The van der Waals surface area contributed by atoms with Crippen LogP contribution >= 0.6 is 11.6 Å². The molecule has 2 N–H and O–H groups in total. The van der Waals surface area contributed by atoms with E-state index in [1.807, 2.05) is 12.1 Å². The van der Waals surface area contributed by atoms with Crippen LogP contribution in [0.15, 0.2) is 24.3 Å². The minimum Gasteiger partial charge on any atom is -0.481 e. The van der Waals surface area contributed by atoms with E-state index in [-0.39, 0.29) is 11.6 Å². The Morgan fingerprint density at radius 3 is 2.84 bits per heavy atom. The van der Waals surface area contributed by atoms with Crippen molar-refractivity contribution in [3.63, 3.8) is 0 Å². The Morgan fingerprint density at radius 1 is 1.53 bits per heavy atom. The summed E-state index contributed by atoms with van der Waals surface area (Å²) in [5.41, 5.74) is 0.769. The molecule has 1 heterocycles. The molecule has 0 saturated carbocycles. The van der Waals surface area contributed by atoms with Crippen LogP contribution < -0.4 is 5.32 Å². The molecule has 1 fully saturated rings. The second-order valence-corrected chi connectivity index (χ2v) is 6.33. The van der Waals surface area contributed by atoms with Crippen molar-refractivity contribution < 1.29 is 9.90 Å². The molecule has 1 saturated heterocycles. The Hall–Kier alpha value is -1.06. The lowest BCUT2D eigenvalue weighted by Gasteiger charge is -2.39. The van der Waals surface area contributed by atoms with E-state index in [1.54, 1.807) is 12.1 Å². The lowest BCUT2D eigenvalue weighted by atomic mass is 9.81. The van der Waals surface area contributed by atoms with E-state index in [9.17, 15) is 9.90 Å². The quantitative estimate of drug-likeness (QED) is 0.892. The van der Waals surface area contributed by atoms with Gasteiger partial charge in [-0.15, -0.1) is 0 Å². The largest absolute Gasteiger partial charge is 0.481 e. The Bertz CT molecular complexity index is 473. The van der Waals surface area contributed by atoms with Crippen LogP contribution in [0.5, 0.6) is 0 Å². The molecule has 3 nitrogen and oxygen atoms in total. The summed E-state index contributed by atoms with van der Waals surface area (Å²) in [5.74, 6) is -1.34. The molecule has 0 amide bonds. The van der Waals surface area contributed by atoms with Gasteiger partial charge in [-0.25, -0.2) is 0 Å². The van der Waals surface area contributed by atoms with Gasteiger partial charge in [-0.2, -0.15) is 0 Å². The monoisotopic (exact) mass is 281 g/mol. The number of nitrogens with one attached hydrogen (secondary N) is 1. The standard InChI is InChI=1S/C15H20ClNO2/c1-15(2)8-4-7-12(17-15)13(14(18)19)10-5-3-6-11(16)9-10/h3,5-6,9,12-13,17H,4,7-8H2,1-2H3,(H,18,19)/t12-,13?/m1/s1. The first-order valence-corrected chi connectivity index (χ1v) is 7.03. The molecular formula is C15H20ClNO2. The number of benzene rings is 1. The number of hydrogen-bond donors (Lipinski definition) is 2. The number of aliphatic carboxylic acids is 1. The van der Waals surface area contributed by atoms with Crippen molar-refractivity contribution in [2.24, 2.45) is 0 Å². The molecule has 1 aliphatic rings. The molecule has 1 aromatic carbocycles. The topological polar surface area (TPSA) is 49.3 Å². The summed E-state index contributed by atoms with van der Waals surface area (Å²) < 4.78 is 0. The number of carboxylic acids is 1. The summed E-state index contributed by atoms with van der Waals surface area (Å²) in [7, 11) is 0. The highest BCUT2D eigenvalue weighted by molar-refractivity contribution is 6.30. The number of carbonyl (C=O) groups is 1. The van der Waals surface area contributed by atoms with Crippen LogP contribution in [0.4, 0.5) is 0 Å². The normalized spacial score (nSPS) is 23.8. The second-order valence-electron chi connectivity index (χ2n) is 5.90. The van der Waals surface area contributed by atoms with Gasteiger partial charge in [-0.3, -0.25) is 4.79 Å². The van der Waals surface area contributed by atoms with Crippen LogP contribution in [0.1, 0.15) is 44.6 Å². The first-order chi connectivity index (χ1) is 8.89. The molecule has 4 heteroatoms. The van der Waals surface area contributed by atoms with Crippen molar-refractivity contribution in [3.8, 4) is 0 Å². The molecule has 0 aliphatic carbocycles. The fourth-order valence-corrected chi connectivity index (χ4v) is 3.11. The molecule has 1 aliphatic heterocycles. The summed E-state index contributed by atoms with van der Waals surface area (Å²) in [6, 6.07) is 7.13. The number of halogens is 1. The SMILES string of the molecule is CC1(C)CCC[C@H](C(C(=O)O)c2cccc(Cl)c2)N1. The van der Waals surface area contributed by atoms with E-state index in [2.05, 4.69) is 19.2 Å². The fraction of sp³-hybridized carbons (Fsp3) is 0.533. The molecule has 2 atom stereocenters. The highest BCUT2D eigenvalue weighted by Gasteiger charge is 2.36. The van der Waals surface area contributed by atoms with Gasteiger partial charge in [0.2, 0.25) is 0 Å². The van der Waals surface area contributed by atoms with Crippen molar-refractivity contribution in [1.29, 1.82) is 0 Å². The third-order valence-electron chi connectivity index (χ3n) is 3.77. The van der Waals surface area contributed by atoms with Gasteiger partial charge < -0.3 is 10.4 Å². The average molecular weight is 282 g/mol. The molecule has 0 radical (unpaired) electrons. The predicted octanol–water partition coefficient (Wildman–Crippen LogP) is 3.43. The predicted molar refractivity (Wildman–Crippen MR) is 76.7 cm³/mol. The molecule has 2 rings (SSSR count). The van der Waals surface area contributed by atoms with Gasteiger partial charge in [0.15, 0.2) is 0 Å². The Kier molecular flexibility index (Phi) is 4.16. The van der Waals surface area contributed by atoms with Crippen LogP contribution in [0.25, 0.3) is 0 Å². The molecule has 1 aromatic rings. The molecule has 0 spiro atoms. The van der Waals surface area contributed by atoms with Gasteiger partial charge in [0.1, 0.15) is 0 Å². The maximum absolute atomic E-state index is 11.6. The third kappa shape index (κ3) is 3.48. The molecule has 1 unspecified atom stereocenters. The van der Waals surface area contributed by atoms with Crippen LogP contribution in [-0.2, 0) is 4.79 Å². The van der Waals surface area contributed by atoms with E-state index in [0.29, 0.717) is 5.02 Å². The van der Waals surface area contributed by atoms with Crippen molar-refractivity contribution in [3.05, 3.63) is 34.9 Å². The summed E-state index contributed by atoms with van der Waals surface area (Å²) in [6.45, 7) is 4.24. The Labute approximate surface area is 119 Å². The highest BCUT2D eigenvalue weighted by Crippen LogP contribution is 2.31. The van der Waals surface area contributed by atoms with E-state index < -0.39 is 11.9 Å². The van der Waals surface area contributed by atoms with E-state index in [0.717, 1.165) is 24.8 Å². The van der Waals surface area contributed by atoms with Gasteiger partial charge in [0, 0.05) is 16.6 Å². The molecule has 0 aromatic heterocycles. The number of carboxylic acid groups (broad SMARTS) is 1. The maximum atomic E-state index is 11.6. The van der Waals surface area contributed by atoms with Gasteiger partial charge in [0.25, 0.3) is 0 Å². The number of piperidine rings is 1. The van der Waals surface area contributed by atoms with Crippen LogP contribution in [0.2, 0.25) is 5.02 Å². The average Bonchev–Trinajstić information content (AvgIpc) is 2.27. The molecule has 104 valence electrons. The minimum atomic E-state index is -0.794. The smallest absolute Gasteiger partial charge is 0.312 e. The molecule has 0 bridgehead atoms. The van der Waals surface area contributed by atoms with Gasteiger partial charge in [-0.05, 0) is 44.4 Å². The maximum Gasteiger partial charge on any atom is 0.312 e. The minimum absolute atomic E-state index is 0.00477. The Balaban J connectivity index is 2.28. The van der Waals surface area contributed by atoms with Gasteiger partial charge >= 0.3 is 5.97 Å². The van der Waals surface area contributed by atoms with Crippen molar-refractivity contribution in [1.82, 2.24) is 5.32 Å². The highest BCUT2D eigenvalue weighted by atomic mass is 35.5. The Morgan fingerprint density at radius 2 is 2.26 bits per heavy atom. The zero-order chi connectivity index (χ0) is 14.0. The fourth-order valence-electron chi connectivity index (χ4n) is 2.91. The van der Waals surface area contributed by atoms with Crippen LogP contribution in [-0.4, -0.2) is 22.7 Å². The number of hydrogen-bond acceptors (Lipinski definition) is 2. The summed E-state index contributed by atoms with van der Waals surface area (Å²) in [5, 5.41) is 13.6. The van der Waals surface area contributed by atoms with E-state index in [1.165, 1.54) is 0 Å². The third-order valence-corrected chi connectivity index (χ3v) is 4.00.